The number of pyridine rings is 1. The molecule has 1 fully saturated rings. The van der Waals surface area contributed by atoms with Crippen LogP contribution in [0.4, 0.5) is 5.69 Å². The molecule has 0 aliphatic carbocycles. The van der Waals surface area contributed by atoms with Gasteiger partial charge in [0.2, 0.25) is 5.91 Å². The van der Waals surface area contributed by atoms with Crippen LogP contribution in [0.5, 0.6) is 0 Å². The Bertz CT molecular complexity index is 473. The van der Waals surface area contributed by atoms with E-state index in [1.54, 1.807) is 0 Å². The zero-order valence-electron chi connectivity index (χ0n) is 11.9. The van der Waals surface area contributed by atoms with E-state index in [0.29, 0.717) is 6.54 Å². The second kappa shape index (κ2) is 5.57. The Labute approximate surface area is 114 Å². The molecule has 0 radical (unpaired) electrons. The van der Waals surface area contributed by atoms with Crippen LogP contribution >= 0.6 is 0 Å². The Kier molecular flexibility index (Phi) is 4.04. The Morgan fingerprint density at radius 3 is 2.89 bits per heavy atom. The number of carbonyl (C=O) groups excluding carboxylic acids is 1. The number of amides is 1. The SMILES string of the molecule is Cc1cc(N(C)C)cc(C2CCCN2CC(N)=O)n1. The van der Waals surface area contributed by atoms with Crippen molar-refractivity contribution in [3.63, 3.8) is 0 Å². The van der Waals surface area contributed by atoms with Gasteiger partial charge in [-0.15, -0.1) is 0 Å². The zero-order valence-corrected chi connectivity index (χ0v) is 11.9. The molecule has 0 bridgehead atoms. The molecule has 1 atom stereocenters. The van der Waals surface area contributed by atoms with Crippen molar-refractivity contribution in [3.05, 3.63) is 23.5 Å². The Hall–Kier alpha value is -1.62. The van der Waals surface area contributed by atoms with Gasteiger partial charge in [-0.1, -0.05) is 0 Å². The lowest BCUT2D eigenvalue weighted by Gasteiger charge is -2.24. The number of carbonyl (C=O) groups is 1. The first-order valence-corrected chi connectivity index (χ1v) is 6.65. The van der Waals surface area contributed by atoms with Crippen LogP contribution in [0.2, 0.25) is 0 Å². The first-order chi connectivity index (χ1) is 8.97. The minimum Gasteiger partial charge on any atom is -0.378 e. The van der Waals surface area contributed by atoms with E-state index in [0.717, 1.165) is 36.5 Å². The van der Waals surface area contributed by atoms with Gasteiger partial charge in [-0.3, -0.25) is 14.7 Å². The second-order valence-corrected chi connectivity index (χ2v) is 5.38. The van der Waals surface area contributed by atoms with E-state index in [1.165, 1.54) is 0 Å². The van der Waals surface area contributed by atoms with Crippen molar-refractivity contribution in [2.75, 3.05) is 32.1 Å². The van der Waals surface area contributed by atoms with Gasteiger partial charge in [0, 0.05) is 25.5 Å². The molecule has 2 N–H and O–H groups in total. The molecule has 1 aliphatic rings. The van der Waals surface area contributed by atoms with E-state index >= 15 is 0 Å². The molecule has 0 spiro atoms. The summed E-state index contributed by atoms with van der Waals surface area (Å²) in [5.41, 5.74) is 8.51. The predicted octanol–water partition coefficient (Wildman–Crippen LogP) is 1.08. The van der Waals surface area contributed by atoms with Gasteiger partial charge in [-0.05, 0) is 38.4 Å². The van der Waals surface area contributed by atoms with Crippen molar-refractivity contribution in [2.24, 2.45) is 5.73 Å². The summed E-state index contributed by atoms with van der Waals surface area (Å²) in [5.74, 6) is -0.271. The molecule has 1 amide bonds. The van der Waals surface area contributed by atoms with Crippen LogP contribution in [0.15, 0.2) is 12.1 Å². The van der Waals surface area contributed by atoms with E-state index in [-0.39, 0.29) is 11.9 Å². The third kappa shape index (κ3) is 3.23. The molecule has 0 aromatic carbocycles. The summed E-state index contributed by atoms with van der Waals surface area (Å²) in [5, 5.41) is 0. The average molecular weight is 262 g/mol. The first-order valence-electron chi connectivity index (χ1n) is 6.65. The summed E-state index contributed by atoms with van der Waals surface area (Å²) in [6, 6.07) is 4.39. The lowest BCUT2D eigenvalue weighted by molar-refractivity contribution is -0.119. The number of aryl methyl sites for hydroxylation is 1. The van der Waals surface area contributed by atoms with E-state index in [4.69, 9.17) is 5.73 Å². The number of nitrogens with zero attached hydrogens (tertiary/aromatic N) is 3. The summed E-state index contributed by atoms with van der Waals surface area (Å²) in [6.45, 7) is 3.24. The summed E-state index contributed by atoms with van der Waals surface area (Å²) in [7, 11) is 4.04. The third-order valence-corrected chi connectivity index (χ3v) is 3.54. The maximum absolute atomic E-state index is 11.1. The zero-order chi connectivity index (χ0) is 14.0. The number of anilines is 1. The fourth-order valence-corrected chi connectivity index (χ4v) is 2.65. The molecular weight excluding hydrogens is 240 g/mol. The van der Waals surface area contributed by atoms with Gasteiger partial charge in [0.25, 0.3) is 0 Å². The van der Waals surface area contributed by atoms with Gasteiger partial charge in [-0.2, -0.15) is 0 Å². The number of rotatable bonds is 4. The van der Waals surface area contributed by atoms with Gasteiger partial charge in [0.05, 0.1) is 18.3 Å². The van der Waals surface area contributed by atoms with Crippen LogP contribution in [0.25, 0.3) is 0 Å². The number of nitrogens with two attached hydrogens (primary N) is 1. The van der Waals surface area contributed by atoms with Crippen molar-refractivity contribution in [1.82, 2.24) is 9.88 Å². The highest BCUT2D eigenvalue weighted by Gasteiger charge is 2.28. The van der Waals surface area contributed by atoms with Crippen LogP contribution in [0.1, 0.15) is 30.3 Å². The molecular formula is C14H22N4O. The first kappa shape index (κ1) is 13.8. The molecule has 19 heavy (non-hydrogen) atoms. The quantitative estimate of drug-likeness (QED) is 0.882. The normalized spacial score (nSPS) is 19.6. The highest BCUT2D eigenvalue weighted by molar-refractivity contribution is 5.76. The van der Waals surface area contributed by atoms with E-state index in [1.807, 2.05) is 21.0 Å². The lowest BCUT2D eigenvalue weighted by Crippen LogP contribution is -2.33. The van der Waals surface area contributed by atoms with Gasteiger partial charge in [-0.25, -0.2) is 0 Å². The highest BCUT2D eigenvalue weighted by Crippen LogP contribution is 2.32. The van der Waals surface area contributed by atoms with E-state index in [2.05, 4.69) is 26.9 Å². The molecule has 2 rings (SSSR count). The maximum atomic E-state index is 11.1. The van der Waals surface area contributed by atoms with Crippen LogP contribution in [0.3, 0.4) is 0 Å². The summed E-state index contributed by atoms with van der Waals surface area (Å²) < 4.78 is 0. The van der Waals surface area contributed by atoms with Gasteiger partial charge < -0.3 is 10.6 Å². The van der Waals surface area contributed by atoms with Crippen molar-refractivity contribution in [1.29, 1.82) is 0 Å². The molecule has 2 heterocycles. The Morgan fingerprint density at radius 2 is 2.26 bits per heavy atom. The van der Waals surface area contributed by atoms with Crippen molar-refractivity contribution in [2.45, 2.75) is 25.8 Å². The standard InChI is InChI=1S/C14H22N4O/c1-10-7-11(17(2)3)8-12(16-10)13-5-4-6-18(13)9-14(15)19/h7-8,13H,4-6,9H2,1-3H3,(H2,15,19). The lowest BCUT2D eigenvalue weighted by atomic mass is 10.1. The van der Waals surface area contributed by atoms with Crippen LogP contribution < -0.4 is 10.6 Å². The monoisotopic (exact) mass is 262 g/mol. The molecule has 1 aromatic heterocycles. The molecule has 1 saturated heterocycles. The third-order valence-electron chi connectivity index (χ3n) is 3.54. The number of likely N-dealkylation sites (tertiary alicyclic amines) is 1. The van der Waals surface area contributed by atoms with Crippen molar-refractivity contribution in [3.8, 4) is 0 Å². The van der Waals surface area contributed by atoms with E-state index in [9.17, 15) is 4.79 Å². The average Bonchev–Trinajstić information content (AvgIpc) is 2.75. The molecule has 1 unspecified atom stereocenters. The summed E-state index contributed by atoms with van der Waals surface area (Å²) in [6.07, 6.45) is 2.13. The van der Waals surface area contributed by atoms with Crippen LogP contribution in [0, 0.1) is 6.92 Å². The molecule has 1 aliphatic heterocycles. The van der Waals surface area contributed by atoms with Crippen LogP contribution in [-0.4, -0.2) is 43.0 Å². The number of aromatic nitrogens is 1. The number of hydrogen-bond acceptors (Lipinski definition) is 4. The van der Waals surface area contributed by atoms with Gasteiger partial charge in [0.1, 0.15) is 0 Å². The van der Waals surface area contributed by atoms with Crippen LogP contribution in [-0.2, 0) is 4.79 Å². The fourth-order valence-electron chi connectivity index (χ4n) is 2.65. The molecule has 0 saturated carbocycles. The summed E-state index contributed by atoms with van der Waals surface area (Å²) in [4.78, 5) is 20.0. The summed E-state index contributed by atoms with van der Waals surface area (Å²) >= 11 is 0. The minimum absolute atomic E-state index is 0.214. The smallest absolute Gasteiger partial charge is 0.231 e. The van der Waals surface area contributed by atoms with Gasteiger partial charge in [0.15, 0.2) is 0 Å². The minimum atomic E-state index is -0.271. The maximum Gasteiger partial charge on any atom is 0.231 e. The highest BCUT2D eigenvalue weighted by atomic mass is 16.1. The van der Waals surface area contributed by atoms with E-state index < -0.39 is 0 Å². The Morgan fingerprint density at radius 1 is 1.53 bits per heavy atom. The van der Waals surface area contributed by atoms with Crippen molar-refractivity contribution >= 4 is 11.6 Å². The number of hydrogen-bond donors (Lipinski definition) is 1. The fraction of sp³-hybridized carbons (Fsp3) is 0.571. The number of primary amides is 1. The second-order valence-electron chi connectivity index (χ2n) is 5.38. The predicted molar refractivity (Wildman–Crippen MR) is 76.0 cm³/mol. The topological polar surface area (TPSA) is 62.5 Å². The molecule has 5 nitrogen and oxygen atoms in total. The molecule has 104 valence electrons. The molecule has 5 heteroatoms. The van der Waals surface area contributed by atoms with Crippen molar-refractivity contribution < 1.29 is 4.79 Å². The Balaban J connectivity index is 2.27. The van der Waals surface area contributed by atoms with Gasteiger partial charge >= 0.3 is 0 Å². The molecule has 1 aromatic rings. The largest absolute Gasteiger partial charge is 0.378 e.